The maximum atomic E-state index is 3.72. The molecule has 0 saturated carbocycles. The van der Waals surface area contributed by atoms with E-state index < -0.39 is 0 Å². The molecule has 0 bridgehead atoms. The van der Waals surface area contributed by atoms with Crippen LogP contribution in [0.5, 0.6) is 0 Å². The molecular formula is C2BrIN2S. The first-order valence-corrected chi connectivity index (χ1v) is 4.12. The first-order valence-electron chi connectivity index (χ1n) is 1.43. The molecule has 2 nitrogen and oxygen atoms in total. The normalized spacial score (nSPS) is 9.43. The van der Waals surface area contributed by atoms with Gasteiger partial charge in [0.25, 0.3) is 0 Å². The number of nitrogens with zero attached hydrogens (tertiary/aromatic N) is 2. The average molecular weight is 291 g/mol. The van der Waals surface area contributed by atoms with Crippen molar-refractivity contribution in [3.63, 3.8) is 0 Å². The summed E-state index contributed by atoms with van der Waals surface area (Å²) in [5.74, 6) is 0. The van der Waals surface area contributed by atoms with Crippen LogP contribution in [0, 0.1) is 3.01 Å². The highest BCUT2D eigenvalue weighted by Gasteiger charge is 1.92. The lowest BCUT2D eigenvalue weighted by atomic mass is 11.6. The summed E-state index contributed by atoms with van der Waals surface area (Å²) in [6, 6.07) is 0. The number of aromatic nitrogens is 2. The molecule has 0 aliphatic heterocycles. The Bertz CT molecular complexity index is 148. The third-order valence-electron chi connectivity index (χ3n) is 0.376. The lowest BCUT2D eigenvalue weighted by Gasteiger charge is -1.61. The van der Waals surface area contributed by atoms with Crippen molar-refractivity contribution in [2.75, 3.05) is 0 Å². The molecule has 1 aromatic rings. The summed E-state index contributed by atoms with van der Waals surface area (Å²) >= 11 is 6.81. The van der Waals surface area contributed by atoms with Crippen LogP contribution < -0.4 is 0 Å². The first kappa shape index (κ1) is 5.90. The molecule has 0 saturated heterocycles. The molecule has 1 aromatic heterocycles. The summed E-state index contributed by atoms with van der Waals surface area (Å²) < 4.78 is 1.81. The highest BCUT2D eigenvalue weighted by molar-refractivity contribution is 14.1. The smallest absolute Gasteiger partial charge is 0.131 e. The van der Waals surface area contributed by atoms with Gasteiger partial charge in [0, 0.05) is 0 Å². The van der Waals surface area contributed by atoms with E-state index in [0.29, 0.717) is 0 Å². The SMILES string of the molecule is Brc1nnc(I)s1. The summed E-state index contributed by atoms with van der Waals surface area (Å²) in [7, 11) is 0. The molecule has 0 spiro atoms. The molecule has 0 radical (unpaired) electrons. The Morgan fingerprint density at radius 3 is 2.43 bits per heavy atom. The van der Waals surface area contributed by atoms with E-state index in [1.165, 1.54) is 11.3 Å². The molecule has 7 heavy (non-hydrogen) atoms. The van der Waals surface area contributed by atoms with Crippen molar-refractivity contribution in [3.8, 4) is 0 Å². The minimum Gasteiger partial charge on any atom is -0.131 e. The molecular weight excluding hydrogens is 291 g/mol. The number of rotatable bonds is 0. The van der Waals surface area contributed by atoms with Gasteiger partial charge in [0.15, 0.2) is 6.93 Å². The van der Waals surface area contributed by atoms with Gasteiger partial charge in [-0.2, -0.15) is 0 Å². The molecule has 38 valence electrons. The summed E-state index contributed by atoms with van der Waals surface area (Å²) in [5, 5.41) is 7.42. The van der Waals surface area contributed by atoms with Crippen LogP contribution in [-0.4, -0.2) is 10.2 Å². The van der Waals surface area contributed by atoms with Crippen molar-refractivity contribution in [3.05, 3.63) is 6.93 Å². The van der Waals surface area contributed by atoms with Gasteiger partial charge in [0.1, 0.15) is 0 Å². The fourth-order valence-corrected chi connectivity index (χ4v) is 2.67. The van der Waals surface area contributed by atoms with Gasteiger partial charge >= 0.3 is 0 Å². The van der Waals surface area contributed by atoms with Gasteiger partial charge in [-0.1, -0.05) is 11.3 Å². The molecule has 0 fully saturated rings. The second-order valence-electron chi connectivity index (χ2n) is 0.808. The summed E-state index contributed by atoms with van der Waals surface area (Å²) in [4.78, 5) is 0. The Labute approximate surface area is 66.6 Å². The fraction of sp³-hybridized carbons (Fsp3) is 0. The van der Waals surface area contributed by atoms with E-state index in [1.54, 1.807) is 0 Å². The molecule has 0 unspecified atom stereocenters. The van der Waals surface area contributed by atoms with Crippen molar-refractivity contribution < 1.29 is 0 Å². The van der Waals surface area contributed by atoms with Crippen molar-refractivity contribution in [1.29, 1.82) is 0 Å². The summed E-state index contributed by atoms with van der Waals surface area (Å²) in [5.41, 5.74) is 0. The van der Waals surface area contributed by atoms with Crippen LogP contribution in [0.4, 0.5) is 0 Å². The Balaban J connectivity index is 3.04. The van der Waals surface area contributed by atoms with Gasteiger partial charge in [-0.15, -0.1) is 10.2 Å². The first-order chi connectivity index (χ1) is 3.29. The van der Waals surface area contributed by atoms with E-state index in [0.717, 1.165) is 6.93 Å². The number of halogens is 2. The van der Waals surface area contributed by atoms with E-state index in [9.17, 15) is 0 Å². The second-order valence-corrected chi connectivity index (χ2v) is 4.82. The summed E-state index contributed by atoms with van der Waals surface area (Å²) in [6.07, 6.45) is 0. The van der Waals surface area contributed by atoms with Crippen LogP contribution in [0.25, 0.3) is 0 Å². The van der Waals surface area contributed by atoms with Crippen molar-refractivity contribution in [2.45, 2.75) is 0 Å². The lowest BCUT2D eigenvalue weighted by Crippen LogP contribution is -1.64. The van der Waals surface area contributed by atoms with Gasteiger partial charge in [0.05, 0.1) is 0 Å². The standard InChI is InChI=1S/C2BrIN2S/c3-1-5-6-2(4)7-1. The maximum Gasteiger partial charge on any atom is 0.184 e. The molecule has 0 amide bonds. The third-order valence-corrected chi connectivity index (χ3v) is 2.40. The lowest BCUT2D eigenvalue weighted by molar-refractivity contribution is 1.05. The van der Waals surface area contributed by atoms with Crippen LogP contribution in [-0.2, 0) is 0 Å². The summed E-state index contributed by atoms with van der Waals surface area (Å²) in [6.45, 7) is 0. The molecule has 5 heteroatoms. The van der Waals surface area contributed by atoms with Crippen LogP contribution in [0.1, 0.15) is 0 Å². The minimum atomic E-state index is 0.844. The Hall–Kier alpha value is 0.770. The van der Waals surface area contributed by atoms with E-state index >= 15 is 0 Å². The molecule has 1 heterocycles. The largest absolute Gasteiger partial charge is 0.184 e. The van der Waals surface area contributed by atoms with Crippen LogP contribution in [0.2, 0.25) is 0 Å². The fourth-order valence-electron chi connectivity index (χ4n) is 0.189. The number of hydrogen-bond acceptors (Lipinski definition) is 3. The monoisotopic (exact) mass is 290 g/mol. The van der Waals surface area contributed by atoms with Gasteiger partial charge in [0.2, 0.25) is 0 Å². The molecule has 0 aliphatic carbocycles. The van der Waals surface area contributed by atoms with Crippen LogP contribution in [0.15, 0.2) is 3.92 Å². The zero-order valence-electron chi connectivity index (χ0n) is 3.06. The predicted molar refractivity (Wildman–Crippen MR) is 40.3 cm³/mol. The zero-order valence-corrected chi connectivity index (χ0v) is 7.62. The predicted octanol–water partition coefficient (Wildman–Crippen LogP) is 1.91. The van der Waals surface area contributed by atoms with Crippen molar-refractivity contribution in [2.24, 2.45) is 0 Å². The molecule has 0 aliphatic rings. The zero-order chi connectivity index (χ0) is 5.28. The molecule has 0 atom stereocenters. The van der Waals surface area contributed by atoms with E-state index in [2.05, 4.69) is 48.7 Å². The molecule has 1 rings (SSSR count). The molecule has 0 aromatic carbocycles. The third kappa shape index (κ3) is 1.61. The molecule has 0 N–H and O–H groups in total. The topological polar surface area (TPSA) is 25.8 Å². The van der Waals surface area contributed by atoms with Crippen molar-refractivity contribution >= 4 is 49.9 Å². The Kier molecular flexibility index (Phi) is 1.99. The second kappa shape index (κ2) is 2.36. The van der Waals surface area contributed by atoms with Crippen LogP contribution >= 0.6 is 49.9 Å². The van der Waals surface area contributed by atoms with E-state index in [4.69, 9.17) is 0 Å². The average Bonchev–Trinajstić information content (AvgIpc) is 1.87. The van der Waals surface area contributed by atoms with Crippen LogP contribution in [0.3, 0.4) is 0 Å². The van der Waals surface area contributed by atoms with Gasteiger partial charge in [-0.05, 0) is 38.5 Å². The van der Waals surface area contributed by atoms with Crippen molar-refractivity contribution in [1.82, 2.24) is 10.2 Å². The van der Waals surface area contributed by atoms with E-state index in [1.807, 2.05) is 0 Å². The van der Waals surface area contributed by atoms with Gasteiger partial charge in [-0.3, -0.25) is 0 Å². The maximum absolute atomic E-state index is 3.72. The van der Waals surface area contributed by atoms with Gasteiger partial charge in [-0.25, -0.2) is 0 Å². The number of hydrogen-bond donors (Lipinski definition) is 0. The highest BCUT2D eigenvalue weighted by atomic mass is 127. The highest BCUT2D eigenvalue weighted by Crippen LogP contribution is 2.16. The minimum absolute atomic E-state index is 0.844. The van der Waals surface area contributed by atoms with Gasteiger partial charge < -0.3 is 0 Å². The Morgan fingerprint density at radius 2 is 2.29 bits per heavy atom. The quantitative estimate of drug-likeness (QED) is 0.682. The Morgan fingerprint density at radius 1 is 1.57 bits per heavy atom. The van der Waals surface area contributed by atoms with E-state index in [-0.39, 0.29) is 0 Å².